The van der Waals surface area contributed by atoms with Gasteiger partial charge in [-0.15, -0.1) is 0 Å². The third-order valence-corrected chi connectivity index (χ3v) is 8.40. The monoisotopic (exact) mass is 477 g/mol. The Bertz CT molecular complexity index is 917. The Kier molecular flexibility index (Phi) is 8.00. The number of carbonyl (C=O) groups excluding carboxylic acids is 2. The molecule has 1 saturated carbocycles. The molecule has 10 heteroatoms. The summed E-state index contributed by atoms with van der Waals surface area (Å²) in [5, 5.41) is 5.87. The van der Waals surface area contributed by atoms with Crippen molar-refractivity contribution in [3.63, 3.8) is 0 Å². The van der Waals surface area contributed by atoms with Gasteiger partial charge in [-0.25, -0.2) is 8.42 Å². The second-order valence-electron chi connectivity index (χ2n) is 9.28. The van der Waals surface area contributed by atoms with E-state index in [0.717, 1.165) is 64.7 Å². The Morgan fingerprint density at radius 2 is 1.33 bits per heavy atom. The van der Waals surface area contributed by atoms with E-state index in [9.17, 15) is 18.0 Å². The molecule has 0 bridgehead atoms. The van der Waals surface area contributed by atoms with E-state index < -0.39 is 10.0 Å². The maximum Gasteiger partial charge on any atom is 0.243 e. The van der Waals surface area contributed by atoms with Crippen molar-refractivity contribution in [3.05, 3.63) is 24.3 Å². The zero-order valence-corrected chi connectivity index (χ0v) is 20.0. The van der Waals surface area contributed by atoms with Crippen molar-refractivity contribution in [2.45, 2.75) is 49.5 Å². The number of nitrogens with one attached hydrogen (secondary N) is 2. The highest BCUT2D eigenvalue weighted by Crippen LogP contribution is 2.22. The van der Waals surface area contributed by atoms with Gasteiger partial charge in [-0.05, 0) is 49.9 Å². The van der Waals surface area contributed by atoms with Crippen LogP contribution in [0.3, 0.4) is 0 Å². The number of piperazine rings is 1. The van der Waals surface area contributed by atoms with Crippen molar-refractivity contribution in [1.29, 1.82) is 0 Å². The molecule has 3 fully saturated rings. The van der Waals surface area contributed by atoms with Crippen molar-refractivity contribution >= 4 is 27.5 Å². The first kappa shape index (κ1) is 24.1. The highest BCUT2D eigenvalue weighted by molar-refractivity contribution is 7.89. The van der Waals surface area contributed by atoms with Gasteiger partial charge in [-0.3, -0.25) is 19.4 Å². The zero-order valence-electron chi connectivity index (χ0n) is 19.2. The number of benzene rings is 1. The van der Waals surface area contributed by atoms with E-state index in [2.05, 4.69) is 20.4 Å². The van der Waals surface area contributed by atoms with Crippen LogP contribution in [0.4, 0.5) is 5.69 Å². The standard InChI is InChI=1S/C23H35N5O4S/c29-22(24-19-5-6-19)17-26-13-15-27(16-14-26)18-23(30)25-20-7-9-21(10-8-20)33(31,32)28-11-3-1-2-4-12-28/h7-10,19H,1-6,11-18H2,(H,24,29)(H,25,30). The molecule has 1 aliphatic carbocycles. The number of rotatable bonds is 8. The average Bonchev–Trinajstić information content (AvgIpc) is 3.62. The van der Waals surface area contributed by atoms with Crippen LogP contribution in [0.15, 0.2) is 29.2 Å². The van der Waals surface area contributed by atoms with Crippen LogP contribution in [-0.4, -0.2) is 92.7 Å². The molecular formula is C23H35N5O4S. The molecule has 0 spiro atoms. The SMILES string of the molecule is O=C(CN1CCN(CC(=O)NC2CC2)CC1)Nc1ccc(S(=O)(=O)N2CCCCCC2)cc1. The maximum absolute atomic E-state index is 12.9. The highest BCUT2D eigenvalue weighted by atomic mass is 32.2. The first-order chi connectivity index (χ1) is 15.9. The van der Waals surface area contributed by atoms with E-state index >= 15 is 0 Å². The fourth-order valence-electron chi connectivity index (χ4n) is 4.35. The number of nitrogens with zero attached hydrogens (tertiary/aromatic N) is 3. The molecule has 182 valence electrons. The van der Waals surface area contributed by atoms with Crippen molar-refractivity contribution in [2.75, 3.05) is 57.7 Å². The van der Waals surface area contributed by atoms with Crippen molar-refractivity contribution in [3.8, 4) is 0 Å². The van der Waals surface area contributed by atoms with Gasteiger partial charge < -0.3 is 10.6 Å². The summed E-state index contributed by atoms with van der Waals surface area (Å²) in [6, 6.07) is 6.83. The minimum absolute atomic E-state index is 0.0880. The highest BCUT2D eigenvalue weighted by Gasteiger charge is 2.26. The normalized spacial score (nSPS) is 21.3. The maximum atomic E-state index is 12.9. The summed E-state index contributed by atoms with van der Waals surface area (Å²) in [6.45, 7) is 4.81. The van der Waals surface area contributed by atoms with Crippen LogP contribution in [0.2, 0.25) is 0 Å². The molecule has 0 aromatic heterocycles. The summed E-state index contributed by atoms with van der Waals surface area (Å²) in [4.78, 5) is 28.9. The summed E-state index contributed by atoms with van der Waals surface area (Å²) in [6.07, 6.45) is 6.12. The van der Waals surface area contributed by atoms with Gasteiger partial charge in [0, 0.05) is 51.0 Å². The van der Waals surface area contributed by atoms with Crippen LogP contribution in [-0.2, 0) is 19.6 Å². The smallest absolute Gasteiger partial charge is 0.243 e. The summed E-state index contributed by atoms with van der Waals surface area (Å²) in [5.41, 5.74) is 0.588. The van der Waals surface area contributed by atoms with Crippen LogP contribution in [0.5, 0.6) is 0 Å². The van der Waals surface area contributed by atoms with Gasteiger partial charge in [0.2, 0.25) is 21.8 Å². The first-order valence-electron chi connectivity index (χ1n) is 12.0. The van der Waals surface area contributed by atoms with Crippen LogP contribution in [0, 0.1) is 0 Å². The molecule has 2 N–H and O–H groups in total. The molecule has 3 aliphatic rings. The molecule has 0 radical (unpaired) electrons. The van der Waals surface area contributed by atoms with Crippen molar-refractivity contribution < 1.29 is 18.0 Å². The minimum Gasteiger partial charge on any atom is -0.352 e. The van der Waals surface area contributed by atoms with E-state index in [1.54, 1.807) is 28.6 Å². The Morgan fingerprint density at radius 3 is 1.88 bits per heavy atom. The van der Waals surface area contributed by atoms with E-state index in [0.29, 0.717) is 31.4 Å². The lowest BCUT2D eigenvalue weighted by atomic mass is 10.2. The second-order valence-corrected chi connectivity index (χ2v) is 11.2. The number of carbonyl (C=O) groups is 2. The molecule has 1 aromatic carbocycles. The van der Waals surface area contributed by atoms with Gasteiger partial charge in [0.25, 0.3) is 0 Å². The predicted molar refractivity (Wildman–Crippen MR) is 126 cm³/mol. The van der Waals surface area contributed by atoms with E-state index in [-0.39, 0.29) is 23.3 Å². The minimum atomic E-state index is -3.49. The lowest BCUT2D eigenvalue weighted by molar-refractivity contribution is -0.123. The van der Waals surface area contributed by atoms with Gasteiger partial charge in [0.05, 0.1) is 18.0 Å². The topological polar surface area (TPSA) is 102 Å². The van der Waals surface area contributed by atoms with Gasteiger partial charge >= 0.3 is 0 Å². The summed E-state index contributed by atoms with van der Waals surface area (Å²) < 4.78 is 27.3. The molecule has 9 nitrogen and oxygen atoms in total. The molecule has 2 amide bonds. The summed E-state index contributed by atoms with van der Waals surface area (Å²) in [5.74, 6) is -0.0388. The molecule has 0 atom stereocenters. The van der Waals surface area contributed by atoms with E-state index in [1.165, 1.54) is 0 Å². The fourth-order valence-corrected chi connectivity index (χ4v) is 5.87. The van der Waals surface area contributed by atoms with Gasteiger partial charge in [0.15, 0.2) is 0 Å². The quantitative estimate of drug-likeness (QED) is 0.581. The Labute approximate surface area is 196 Å². The molecule has 2 saturated heterocycles. The summed E-state index contributed by atoms with van der Waals surface area (Å²) >= 11 is 0. The second kappa shape index (κ2) is 10.9. The van der Waals surface area contributed by atoms with Gasteiger partial charge in [-0.2, -0.15) is 4.31 Å². The Morgan fingerprint density at radius 1 is 0.788 bits per heavy atom. The van der Waals surface area contributed by atoms with E-state index in [4.69, 9.17) is 0 Å². The molecule has 2 heterocycles. The summed E-state index contributed by atoms with van der Waals surface area (Å²) in [7, 11) is -3.49. The Balaban J connectivity index is 1.21. The van der Waals surface area contributed by atoms with Crippen molar-refractivity contribution in [2.24, 2.45) is 0 Å². The Hall–Kier alpha value is -2.01. The zero-order chi connectivity index (χ0) is 23.3. The third kappa shape index (κ3) is 6.99. The van der Waals surface area contributed by atoms with Crippen molar-refractivity contribution in [1.82, 2.24) is 19.4 Å². The third-order valence-electron chi connectivity index (χ3n) is 6.48. The van der Waals surface area contributed by atoms with Crippen LogP contribution < -0.4 is 10.6 Å². The van der Waals surface area contributed by atoms with Crippen LogP contribution in [0.1, 0.15) is 38.5 Å². The number of sulfonamides is 1. The number of hydrogen-bond donors (Lipinski definition) is 2. The number of hydrogen-bond acceptors (Lipinski definition) is 6. The van der Waals surface area contributed by atoms with Gasteiger partial charge in [-0.1, -0.05) is 12.8 Å². The predicted octanol–water partition coefficient (Wildman–Crippen LogP) is 1.09. The first-order valence-corrected chi connectivity index (χ1v) is 13.5. The molecule has 0 unspecified atom stereocenters. The largest absolute Gasteiger partial charge is 0.352 e. The van der Waals surface area contributed by atoms with Crippen LogP contribution in [0.25, 0.3) is 0 Å². The molecule has 2 aliphatic heterocycles. The van der Waals surface area contributed by atoms with E-state index in [1.807, 2.05) is 0 Å². The fraction of sp³-hybridized carbons (Fsp3) is 0.652. The molecule has 1 aromatic rings. The van der Waals surface area contributed by atoms with Gasteiger partial charge in [0.1, 0.15) is 0 Å². The molecular weight excluding hydrogens is 442 g/mol. The van der Waals surface area contributed by atoms with Crippen LogP contribution >= 0.6 is 0 Å². The lowest BCUT2D eigenvalue weighted by Crippen LogP contribution is -2.51. The number of amides is 2. The molecule has 33 heavy (non-hydrogen) atoms. The average molecular weight is 478 g/mol. The lowest BCUT2D eigenvalue weighted by Gasteiger charge is -2.33. The number of anilines is 1. The molecule has 4 rings (SSSR count).